The molecule has 2 aliphatic rings. The number of carboxylic acids is 1. The van der Waals surface area contributed by atoms with E-state index in [4.69, 9.17) is 5.11 Å². The standard InChI is InChI=1S/C14H17NO2/c16-14(17)9-10-4-5-11-6-7-15(13(11)8-10)12-2-1-3-12/h4-5,8,12H,1-3,6-7,9H2,(H,16,17). The van der Waals surface area contributed by atoms with Crippen molar-refractivity contribution in [1.82, 2.24) is 0 Å². The first-order valence-electron chi connectivity index (χ1n) is 6.34. The molecule has 17 heavy (non-hydrogen) atoms. The molecule has 1 heterocycles. The highest BCUT2D eigenvalue weighted by molar-refractivity contribution is 5.72. The van der Waals surface area contributed by atoms with Crippen molar-refractivity contribution in [2.75, 3.05) is 11.4 Å². The van der Waals surface area contributed by atoms with E-state index < -0.39 is 5.97 Å². The topological polar surface area (TPSA) is 40.5 Å². The molecule has 0 atom stereocenters. The molecule has 1 N–H and O–H groups in total. The average molecular weight is 231 g/mol. The summed E-state index contributed by atoms with van der Waals surface area (Å²) in [5.74, 6) is -0.752. The van der Waals surface area contributed by atoms with Crippen LogP contribution in [0.3, 0.4) is 0 Å². The minimum Gasteiger partial charge on any atom is -0.481 e. The molecule has 0 unspecified atom stereocenters. The minimum absolute atomic E-state index is 0.131. The Hall–Kier alpha value is -1.51. The normalized spacial score (nSPS) is 18.9. The minimum atomic E-state index is -0.752. The van der Waals surface area contributed by atoms with E-state index in [-0.39, 0.29) is 6.42 Å². The van der Waals surface area contributed by atoms with Gasteiger partial charge in [0.1, 0.15) is 0 Å². The summed E-state index contributed by atoms with van der Waals surface area (Å²) in [6, 6.07) is 6.84. The van der Waals surface area contributed by atoms with Gasteiger partial charge in [0, 0.05) is 18.3 Å². The molecule has 0 bridgehead atoms. The fourth-order valence-electron chi connectivity index (χ4n) is 2.81. The van der Waals surface area contributed by atoms with E-state index in [1.165, 1.54) is 30.5 Å². The Morgan fingerprint density at radius 1 is 1.41 bits per heavy atom. The van der Waals surface area contributed by atoms with Crippen LogP contribution >= 0.6 is 0 Å². The lowest BCUT2D eigenvalue weighted by Gasteiger charge is -2.36. The van der Waals surface area contributed by atoms with Gasteiger partial charge in [0.15, 0.2) is 0 Å². The van der Waals surface area contributed by atoms with Crippen LogP contribution in [0.1, 0.15) is 30.4 Å². The lowest BCUT2D eigenvalue weighted by molar-refractivity contribution is -0.136. The van der Waals surface area contributed by atoms with E-state index in [0.717, 1.165) is 18.5 Å². The molecule has 0 aromatic heterocycles. The second-order valence-electron chi connectivity index (χ2n) is 5.06. The molecule has 1 aromatic carbocycles. The van der Waals surface area contributed by atoms with Gasteiger partial charge in [0.25, 0.3) is 0 Å². The lowest BCUT2D eigenvalue weighted by atomic mass is 9.91. The van der Waals surface area contributed by atoms with Crippen molar-refractivity contribution in [3.8, 4) is 0 Å². The molecule has 1 aliphatic carbocycles. The van der Waals surface area contributed by atoms with E-state index in [9.17, 15) is 4.79 Å². The van der Waals surface area contributed by atoms with Gasteiger partial charge in [-0.25, -0.2) is 0 Å². The third kappa shape index (κ3) is 1.90. The molecule has 3 rings (SSSR count). The number of carboxylic acid groups (broad SMARTS) is 1. The molecule has 0 saturated heterocycles. The SMILES string of the molecule is O=C(O)Cc1ccc2c(c1)N(C1CCC1)CC2. The van der Waals surface area contributed by atoms with Crippen molar-refractivity contribution in [2.24, 2.45) is 0 Å². The highest BCUT2D eigenvalue weighted by Gasteiger charge is 2.30. The summed E-state index contributed by atoms with van der Waals surface area (Å²) in [5, 5.41) is 8.83. The van der Waals surface area contributed by atoms with Gasteiger partial charge in [-0.15, -0.1) is 0 Å². The number of rotatable bonds is 3. The number of fused-ring (bicyclic) bond motifs is 1. The largest absolute Gasteiger partial charge is 0.481 e. The van der Waals surface area contributed by atoms with Crippen molar-refractivity contribution >= 4 is 11.7 Å². The maximum absolute atomic E-state index is 10.7. The van der Waals surface area contributed by atoms with Gasteiger partial charge in [0.05, 0.1) is 6.42 Å². The summed E-state index contributed by atoms with van der Waals surface area (Å²) in [6.45, 7) is 1.11. The molecule has 0 spiro atoms. The Kier molecular flexibility index (Phi) is 2.54. The van der Waals surface area contributed by atoms with Crippen LogP contribution < -0.4 is 4.90 Å². The zero-order valence-electron chi connectivity index (χ0n) is 9.85. The van der Waals surface area contributed by atoms with Crippen molar-refractivity contribution in [1.29, 1.82) is 0 Å². The van der Waals surface area contributed by atoms with Gasteiger partial charge >= 0.3 is 5.97 Å². The first kappa shape index (κ1) is 10.6. The highest BCUT2D eigenvalue weighted by Crippen LogP contribution is 2.36. The van der Waals surface area contributed by atoms with Crippen LogP contribution in [-0.4, -0.2) is 23.7 Å². The van der Waals surface area contributed by atoms with Crippen LogP contribution in [0, 0.1) is 0 Å². The predicted molar refractivity (Wildman–Crippen MR) is 66.5 cm³/mol. The quantitative estimate of drug-likeness (QED) is 0.867. The van der Waals surface area contributed by atoms with E-state index in [1.54, 1.807) is 0 Å². The van der Waals surface area contributed by atoms with Gasteiger partial charge in [-0.2, -0.15) is 0 Å². The Morgan fingerprint density at radius 3 is 2.88 bits per heavy atom. The number of benzene rings is 1. The first-order chi connectivity index (χ1) is 8.24. The Labute approximate surface area is 101 Å². The highest BCUT2D eigenvalue weighted by atomic mass is 16.4. The second-order valence-corrected chi connectivity index (χ2v) is 5.06. The van der Waals surface area contributed by atoms with E-state index in [2.05, 4.69) is 17.0 Å². The van der Waals surface area contributed by atoms with Crippen molar-refractivity contribution in [3.05, 3.63) is 29.3 Å². The Balaban J connectivity index is 1.87. The Morgan fingerprint density at radius 2 is 2.24 bits per heavy atom. The average Bonchev–Trinajstić information content (AvgIpc) is 2.58. The van der Waals surface area contributed by atoms with Crippen molar-refractivity contribution in [3.63, 3.8) is 0 Å². The molecule has 90 valence electrons. The van der Waals surface area contributed by atoms with Gasteiger partial charge in [-0.1, -0.05) is 12.1 Å². The third-order valence-corrected chi connectivity index (χ3v) is 3.95. The third-order valence-electron chi connectivity index (χ3n) is 3.95. The van der Waals surface area contributed by atoms with Crippen LogP contribution in [0.5, 0.6) is 0 Å². The van der Waals surface area contributed by atoms with E-state index >= 15 is 0 Å². The van der Waals surface area contributed by atoms with Crippen LogP contribution in [0.4, 0.5) is 5.69 Å². The molecule has 1 fully saturated rings. The maximum Gasteiger partial charge on any atom is 0.307 e. The number of hydrogen-bond donors (Lipinski definition) is 1. The molecule has 3 nitrogen and oxygen atoms in total. The smallest absolute Gasteiger partial charge is 0.307 e. The zero-order chi connectivity index (χ0) is 11.8. The maximum atomic E-state index is 10.7. The summed E-state index contributed by atoms with van der Waals surface area (Å²) in [4.78, 5) is 13.2. The summed E-state index contributed by atoms with van der Waals surface area (Å²) in [5.41, 5.74) is 3.59. The van der Waals surface area contributed by atoms with E-state index in [1.807, 2.05) is 6.07 Å². The van der Waals surface area contributed by atoms with E-state index in [0.29, 0.717) is 6.04 Å². The monoisotopic (exact) mass is 231 g/mol. The van der Waals surface area contributed by atoms with Crippen LogP contribution in [0.15, 0.2) is 18.2 Å². The Bertz CT molecular complexity index is 452. The first-order valence-corrected chi connectivity index (χ1v) is 6.34. The van der Waals surface area contributed by atoms with Crippen LogP contribution in [0.25, 0.3) is 0 Å². The number of anilines is 1. The molecule has 0 radical (unpaired) electrons. The molecule has 0 amide bonds. The molecular formula is C14H17NO2. The summed E-state index contributed by atoms with van der Waals surface area (Å²) < 4.78 is 0. The summed E-state index contributed by atoms with van der Waals surface area (Å²) in [6.07, 6.45) is 5.17. The van der Waals surface area contributed by atoms with Gasteiger partial charge in [-0.05, 0) is 42.9 Å². The fraction of sp³-hybridized carbons (Fsp3) is 0.500. The molecule has 3 heteroatoms. The molecule has 1 aliphatic heterocycles. The van der Waals surface area contributed by atoms with Gasteiger partial charge in [-0.3, -0.25) is 4.79 Å². The lowest BCUT2D eigenvalue weighted by Crippen LogP contribution is -2.38. The van der Waals surface area contributed by atoms with Crippen molar-refractivity contribution < 1.29 is 9.90 Å². The summed E-state index contributed by atoms with van der Waals surface area (Å²) in [7, 11) is 0. The number of hydrogen-bond acceptors (Lipinski definition) is 2. The van der Waals surface area contributed by atoms with Crippen molar-refractivity contribution in [2.45, 2.75) is 38.1 Å². The molecule has 1 saturated carbocycles. The van der Waals surface area contributed by atoms with Crippen LogP contribution in [0.2, 0.25) is 0 Å². The number of carbonyl (C=O) groups is 1. The molecular weight excluding hydrogens is 214 g/mol. The summed E-state index contributed by atoms with van der Waals surface area (Å²) >= 11 is 0. The van der Waals surface area contributed by atoms with Gasteiger partial charge < -0.3 is 10.0 Å². The zero-order valence-corrected chi connectivity index (χ0v) is 9.85. The van der Waals surface area contributed by atoms with Gasteiger partial charge in [0.2, 0.25) is 0 Å². The second kappa shape index (κ2) is 4.06. The predicted octanol–water partition coefficient (Wildman–Crippen LogP) is 2.23. The van der Waals surface area contributed by atoms with Crippen LogP contribution in [-0.2, 0) is 17.6 Å². The molecule has 1 aromatic rings. The number of nitrogens with zero attached hydrogens (tertiary/aromatic N) is 1. The number of aliphatic carboxylic acids is 1. The fourth-order valence-corrected chi connectivity index (χ4v) is 2.81.